The Morgan fingerprint density at radius 1 is 1.21 bits per heavy atom. The first-order valence-corrected chi connectivity index (χ1v) is 9.32. The lowest BCUT2D eigenvalue weighted by atomic mass is 10.1. The maximum atomic E-state index is 12.6. The van der Waals surface area contributed by atoms with Crippen LogP contribution in [0.15, 0.2) is 24.3 Å². The zero-order valence-electron chi connectivity index (χ0n) is 16.2. The third-order valence-corrected chi connectivity index (χ3v) is 4.20. The summed E-state index contributed by atoms with van der Waals surface area (Å²) >= 11 is 0. The second kappa shape index (κ2) is 8.54. The van der Waals surface area contributed by atoms with Crippen molar-refractivity contribution in [2.24, 2.45) is 5.92 Å². The number of amides is 1. The van der Waals surface area contributed by atoms with Gasteiger partial charge in [-0.3, -0.25) is 4.79 Å². The second-order valence-electron chi connectivity index (χ2n) is 7.17. The van der Waals surface area contributed by atoms with E-state index in [-0.39, 0.29) is 17.7 Å². The summed E-state index contributed by atoms with van der Waals surface area (Å²) < 4.78 is 37.7. The molecular weight excluding hydrogens is 385 g/mol. The molecule has 1 aliphatic rings. The first-order chi connectivity index (χ1) is 13.7. The molecule has 3 rings (SSSR count). The fourth-order valence-corrected chi connectivity index (χ4v) is 2.79. The molecule has 0 unspecified atom stereocenters. The fourth-order valence-electron chi connectivity index (χ4n) is 2.79. The lowest BCUT2D eigenvalue weighted by molar-refractivity contribution is -0.115. The lowest BCUT2D eigenvalue weighted by Crippen LogP contribution is -2.27. The van der Waals surface area contributed by atoms with Crippen LogP contribution in [0.4, 0.5) is 36.4 Å². The van der Waals surface area contributed by atoms with Crippen molar-refractivity contribution in [3.05, 3.63) is 35.4 Å². The van der Waals surface area contributed by atoms with Crippen molar-refractivity contribution < 1.29 is 18.0 Å². The molecule has 0 aliphatic carbocycles. The maximum Gasteiger partial charge on any atom is 0.405 e. The molecule has 1 aromatic heterocycles. The third kappa shape index (κ3) is 5.72. The van der Waals surface area contributed by atoms with E-state index in [0.717, 1.165) is 0 Å². The van der Waals surface area contributed by atoms with Gasteiger partial charge in [-0.05, 0) is 36.6 Å². The van der Waals surface area contributed by atoms with Crippen LogP contribution in [0.5, 0.6) is 0 Å². The Morgan fingerprint density at radius 3 is 2.59 bits per heavy atom. The van der Waals surface area contributed by atoms with Crippen LogP contribution in [-0.4, -0.2) is 41.7 Å². The minimum atomic E-state index is -4.34. The molecule has 2 aromatic rings. The van der Waals surface area contributed by atoms with Crippen LogP contribution in [-0.2, 0) is 6.42 Å². The number of halogens is 3. The minimum Gasteiger partial charge on any atom is -0.369 e. The number of nitrogens with one attached hydrogen (secondary N) is 4. The van der Waals surface area contributed by atoms with Crippen LogP contribution < -0.4 is 21.3 Å². The highest BCUT2D eigenvalue weighted by Crippen LogP contribution is 2.29. The molecule has 1 amide bonds. The highest BCUT2D eigenvalue weighted by molar-refractivity contribution is 5.94. The molecule has 7 nitrogen and oxygen atoms in total. The van der Waals surface area contributed by atoms with Gasteiger partial charge in [0.2, 0.25) is 5.95 Å². The standard InChI is InChI=1S/C19H23F3N6O/c1-11(2)9-24-17(29)12-3-5-13(6-4-12)26-18-27-15-14(7-8-23-15)16(28-18)25-10-19(20,21)22/h3-6,11H,7-10H2,1-2H3,(H,24,29)(H3,23,25,26,27,28). The Hall–Kier alpha value is -3.04. The Bertz CT molecular complexity index is 867. The van der Waals surface area contributed by atoms with Gasteiger partial charge in [0.05, 0.1) is 0 Å². The van der Waals surface area contributed by atoms with Gasteiger partial charge >= 0.3 is 6.18 Å². The van der Waals surface area contributed by atoms with Gasteiger partial charge < -0.3 is 21.3 Å². The number of carbonyl (C=O) groups is 1. The van der Waals surface area contributed by atoms with Gasteiger partial charge in [-0.15, -0.1) is 0 Å². The number of fused-ring (bicyclic) bond motifs is 1. The normalized spacial score (nSPS) is 13.0. The third-order valence-electron chi connectivity index (χ3n) is 4.20. The molecule has 0 fully saturated rings. The first-order valence-electron chi connectivity index (χ1n) is 9.32. The van der Waals surface area contributed by atoms with Crippen LogP contribution in [0.3, 0.4) is 0 Å². The SMILES string of the molecule is CC(C)CNC(=O)c1ccc(Nc2nc3c(c(NCC(F)(F)F)n2)CCN3)cc1. The maximum absolute atomic E-state index is 12.6. The molecule has 0 atom stereocenters. The topological polar surface area (TPSA) is 91.0 Å². The molecule has 0 saturated carbocycles. The van der Waals surface area contributed by atoms with E-state index < -0.39 is 12.7 Å². The number of benzene rings is 1. The van der Waals surface area contributed by atoms with Crippen molar-refractivity contribution in [2.45, 2.75) is 26.4 Å². The summed E-state index contributed by atoms with van der Waals surface area (Å²) in [7, 11) is 0. The predicted molar refractivity (Wildman–Crippen MR) is 106 cm³/mol. The number of aromatic nitrogens is 2. The van der Waals surface area contributed by atoms with Gasteiger partial charge in [-0.2, -0.15) is 23.1 Å². The molecule has 10 heteroatoms. The summed E-state index contributed by atoms with van der Waals surface area (Å²) in [5.74, 6) is 1.02. The summed E-state index contributed by atoms with van der Waals surface area (Å²) in [6.45, 7) is 4.03. The van der Waals surface area contributed by atoms with Crippen LogP contribution in [0, 0.1) is 5.92 Å². The second-order valence-corrected chi connectivity index (χ2v) is 7.17. The van der Waals surface area contributed by atoms with Crippen molar-refractivity contribution in [1.82, 2.24) is 15.3 Å². The predicted octanol–water partition coefficient (Wildman–Crippen LogP) is 3.55. The largest absolute Gasteiger partial charge is 0.405 e. The average molecular weight is 408 g/mol. The number of rotatable bonds is 7. The van der Waals surface area contributed by atoms with Crippen LogP contribution in [0.2, 0.25) is 0 Å². The molecular formula is C19H23F3N6O. The zero-order chi connectivity index (χ0) is 21.0. The van der Waals surface area contributed by atoms with E-state index in [4.69, 9.17) is 0 Å². The van der Waals surface area contributed by atoms with Gasteiger partial charge in [-0.1, -0.05) is 13.8 Å². The van der Waals surface area contributed by atoms with E-state index in [2.05, 4.69) is 31.2 Å². The van der Waals surface area contributed by atoms with E-state index in [1.54, 1.807) is 24.3 Å². The van der Waals surface area contributed by atoms with Crippen molar-refractivity contribution in [2.75, 3.05) is 35.6 Å². The molecule has 0 bridgehead atoms. The molecule has 1 aromatic carbocycles. The summed E-state index contributed by atoms with van der Waals surface area (Å²) in [4.78, 5) is 20.6. The van der Waals surface area contributed by atoms with E-state index in [1.807, 2.05) is 13.8 Å². The van der Waals surface area contributed by atoms with E-state index >= 15 is 0 Å². The van der Waals surface area contributed by atoms with E-state index in [9.17, 15) is 18.0 Å². The summed E-state index contributed by atoms with van der Waals surface area (Å²) in [5.41, 5.74) is 1.77. The Morgan fingerprint density at radius 2 is 1.93 bits per heavy atom. The number of carbonyl (C=O) groups excluding carboxylic acids is 1. The van der Waals surface area contributed by atoms with Crippen molar-refractivity contribution in [3.63, 3.8) is 0 Å². The zero-order valence-corrected chi connectivity index (χ0v) is 16.2. The summed E-state index contributed by atoms with van der Waals surface area (Å²) in [5, 5.41) is 11.2. The number of anilines is 4. The van der Waals surface area contributed by atoms with Crippen LogP contribution in [0.1, 0.15) is 29.8 Å². The molecule has 1 aliphatic heterocycles. The summed E-state index contributed by atoms with van der Waals surface area (Å²) in [6, 6.07) is 6.70. The quantitative estimate of drug-likeness (QED) is 0.560. The van der Waals surface area contributed by atoms with Crippen molar-refractivity contribution in [1.29, 1.82) is 0 Å². The highest BCUT2D eigenvalue weighted by atomic mass is 19.4. The van der Waals surface area contributed by atoms with Crippen LogP contribution in [0.25, 0.3) is 0 Å². The molecule has 156 valence electrons. The smallest absolute Gasteiger partial charge is 0.369 e. The highest BCUT2D eigenvalue weighted by Gasteiger charge is 2.28. The van der Waals surface area contributed by atoms with Crippen molar-refractivity contribution >= 4 is 29.2 Å². The monoisotopic (exact) mass is 408 g/mol. The lowest BCUT2D eigenvalue weighted by Gasteiger charge is -2.14. The van der Waals surface area contributed by atoms with Crippen molar-refractivity contribution in [3.8, 4) is 0 Å². The number of hydrogen-bond donors (Lipinski definition) is 4. The van der Waals surface area contributed by atoms with Gasteiger partial charge in [0, 0.05) is 29.9 Å². The first kappa shape index (κ1) is 20.7. The van der Waals surface area contributed by atoms with E-state index in [1.165, 1.54) is 0 Å². The molecule has 0 radical (unpaired) electrons. The molecule has 29 heavy (non-hydrogen) atoms. The average Bonchev–Trinajstić information content (AvgIpc) is 3.13. The fraction of sp³-hybridized carbons (Fsp3) is 0.421. The molecule has 2 heterocycles. The van der Waals surface area contributed by atoms with Gasteiger partial charge in [-0.25, -0.2) is 0 Å². The number of hydrogen-bond acceptors (Lipinski definition) is 6. The Kier molecular flexibility index (Phi) is 6.09. The molecule has 4 N–H and O–H groups in total. The van der Waals surface area contributed by atoms with Gasteiger partial charge in [0.15, 0.2) is 0 Å². The van der Waals surface area contributed by atoms with Gasteiger partial charge in [0.1, 0.15) is 18.2 Å². The summed E-state index contributed by atoms with van der Waals surface area (Å²) in [6.07, 6.45) is -3.79. The Labute approximate surface area is 166 Å². The number of alkyl halides is 3. The minimum absolute atomic E-state index is 0.157. The van der Waals surface area contributed by atoms with E-state index in [0.29, 0.717) is 48.1 Å². The van der Waals surface area contributed by atoms with Gasteiger partial charge in [0.25, 0.3) is 5.91 Å². The molecule has 0 saturated heterocycles. The van der Waals surface area contributed by atoms with Crippen LogP contribution >= 0.6 is 0 Å². The Balaban J connectivity index is 1.72. The molecule has 0 spiro atoms. The number of nitrogens with zero attached hydrogens (tertiary/aromatic N) is 2.